The molecule has 0 saturated carbocycles. The van der Waals surface area contributed by atoms with Gasteiger partial charge in [0.25, 0.3) is 0 Å². The van der Waals surface area contributed by atoms with E-state index in [4.69, 9.17) is 4.74 Å². The molecule has 3 nitrogen and oxygen atoms in total. The quantitative estimate of drug-likeness (QED) is 0.283. The maximum Gasteiger partial charge on any atom is 0.333 e. The van der Waals surface area contributed by atoms with E-state index in [1.54, 1.807) is 6.92 Å². The summed E-state index contributed by atoms with van der Waals surface area (Å²) < 4.78 is 15.9. The molecule has 0 N–H and O–H groups in total. The molecule has 0 radical (unpaired) electrons. The zero-order chi connectivity index (χ0) is 10.3. The summed E-state index contributed by atoms with van der Waals surface area (Å²) in [5.41, 5.74) is 0.414. The summed E-state index contributed by atoms with van der Waals surface area (Å²) in [5, 5.41) is 0. The zero-order valence-corrected chi connectivity index (χ0v) is 10.7. The van der Waals surface area contributed by atoms with E-state index in [1.807, 2.05) is 6.55 Å². The van der Waals surface area contributed by atoms with Crippen LogP contribution in [0.4, 0.5) is 0 Å². The van der Waals surface area contributed by atoms with Crippen LogP contribution < -0.4 is 0 Å². The van der Waals surface area contributed by atoms with Gasteiger partial charge in [-0.3, -0.25) is 0 Å². The smallest absolute Gasteiger partial charge is 0.333 e. The van der Waals surface area contributed by atoms with E-state index in [-0.39, 0.29) is 15.0 Å². The topological polar surface area (TPSA) is 43.4 Å². The standard InChI is InChI=1S/C8H16O3Si2/c1-7(2)8(9)11-5-4-6-13(10)12-3/h1,4-6,12H2,2-3H3. The van der Waals surface area contributed by atoms with Crippen molar-refractivity contribution in [3.63, 3.8) is 0 Å². The first-order chi connectivity index (χ1) is 6.07. The minimum atomic E-state index is -1.27. The minimum Gasteiger partial charge on any atom is -0.462 e. The van der Waals surface area contributed by atoms with Crippen molar-refractivity contribution >= 4 is 23.2 Å². The summed E-state index contributed by atoms with van der Waals surface area (Å²) in [5.74, 6) is -0.353. The van der Waals surface area contributed by atoms with Crippen LogP contribution in [0.25, 0.3) is 0 Å². The summed E-state index contributed by atoms with van der Waals surface area (Å²) in [7, 11) is -1.61. The van der Waals surface area contributed by atoms with E-state index < -0.39 is 8.20 Å². The Morgan fingerprint density at radius 3 is 2.69 bits per heavy atom. The van der Waals surface area contributed by atoms with Crippen molar-refractivity contribution in [3.8, 4) is 0 Å². The van der Waals surface area contributed by atoms with Crippen LogP contribution in [-0.4, -0.2) is 29.8 Å². The predicted octanol–water partition coefficient (Wildman–Crippen LogP) is 0.631. The van der Waals surface area contributed by atoms with Crippen LogP contribution in [0.15, 0.2) is 12.2 Å². The highest BCUT2D eigenvalue weighted by Gasteiger charge is 2.04. The molecule has 0 aromatic carbocycles. The number of rotatable bonds is 6. The van der Waals surface area contributed by atoms with Crippen molar-refractivity contribution in [2.24, 2.45) is 0 Å². The van der Waals surface area contributed by atoms with Crippen LogP contribution in [0, 0.1) is 0 Å². The molecule has 5 heteroatoms. The van der Waals surface area contributed by atoms with Gasteiger partial charge in [0.05, 0.1) is 15.6 Å². The highest BCUT2D eigenvalue weighted by atomic mass is 29.2. The molecular formula is C8H16O3Si2. The van der Waals surface area contributed by atoms with E-state index in [1.165, 1.54) is 0 Å². The molecule has 74 valence electrons. The number of hydrogen-bond acceptors (Lipinski definition) is 3. The highest BCUT2D eigenvalue weighted by molar-refractivity contribution is 7.03. The van der Waals surface area contributed by atoms with E-state index >= 15 is 0 Å². The SMILES string of the molecule is C=C(C)C(=O)OCCC[Si](=O)[SiH2]C. The van der Waals surface area contributed by atoms with Crippen LogP contribution in [0.3, 0.4) is 0 Å². The molecule has 0 fully saturated rings. The Bertz CT molecular complexity index is 213. The van der Waals surface area contributed by atoms with Gasteiger partial charge in [0.2, 0.25) is 8.20 Å². The summed E-state index contributed by atoms with van der Waals surface area (Å²) in [6, 6.07) is 0.733. The third kappa shape index (κ3) is 6.59. The lowest BCUT2D eigenvalue weighted by molar-refractivity contribution is -0.138. The summed E-state index contributed by atoms with van der Waals surface area (Å²) in [6.07, 6.45) is 0.720. The molecule has 0 aliphatic heterocycles. The Labute approximate surface area is 82.4 Å². The minimum absolute atomic E-state index is 0.336. The third-order valence-corrected chi connectivity index (χ3v) is 6.70. The van der Waals surface area contributed by atoms with Gasteiger partial charge in [-0.1, -0.05) is 13.1 Å². The maximum absolute atomic E-state index is 11.1. The number of esters is 1. The monoisotopic (exact) mass is 216 g/mol. The van der Waals surface area contributed by atoms with Gasteiger partial charge in [-0.25, -0.2) is 4.79 Å². The first-order valence-corrected chi connectivity index (χ1v) is 9.78. The van der Waals surface area contributed by atoms with E-state index in [2.05, 4.69) is 6.58 Å². The first-order valence-electron chi connectivity index (χ1n) is 4.42. The van der Waals surface area contributed by atoms with Gasteiger partial charge in [-0.05, 0) is 19.4 Å². The molecule has 0 rings (SSSR count). The van der Waals surface area contributed by atoms with Crippen molar-refractivity contribution in [3.05, 3.63) is 12.2 Å². The Morgan fingerprint density at radius 1 is 1.62 bits per heavy atom. The number of hydrogen-bond donors (Lipinski definition) is 0. The average Bonchev–Trinajstić information content (AvgIpc) is 2.11. The Hall–Kier alpha value is -0.556. The molecule has 0 amide bonds. The second kappa shape index (κ2) is 6.91. The largest absolute Gasteiger partial charge is 0.462 e. The van der Waals surface area contributed by atoms with Gasteiger partial charge in [0.15, 0.2) is 0 Å². The second-order valence-corrected chi connectivity index (χ2v) is 9.68. The van der Waals surface area contributed by atoms with Gasteiger partial charge in [-0.15, -0.1) is 0 Å². The fourth-order valence-electron chi connectivity index (χ4n) is 0.734. The third-order valence-electron chi connectivity index (χ3n) is 1.58. The number of ether oxygens (including phenoxy) is 1. The second-order valence-electron chi connectivity index (χ2n) is 2.91. The van der Waals surface area contributed by atoms with Crippen molar-refractivity contribution in [2.75, 3.05) is 6.61 Å². The van der Waals surface area contributed by atoms with Crippen LogP contribution in [0.2, 0.25) is 12.6 Å². The normalized spacial score (nSPS) is 10.3. The maximum atomic E-state index is 11.1. The molecule has 0 aromatic rings. The summed E-state index contributed by atoms with van der Waals surface area (Å²) in [6.45, 7) is 7.49. The number of carbonyl (C=O) groups is 1. The van der Waals surface area contributed by atoms with Crippen molar-refractivity contribution in [1.82, 2.24) is 0 Å². The van der Waals surface area contributed by atoms with Gasteiger partial charge < -0.3 is 9.20 Å². The van der Waals surface area contributed by atoms with Gasteiger partial charge in [0, 0.05) is 5.57 Å². The Kier molecular flexibility index (Phi) is 6.61. The van der Waals surface area contributed by atoms with E-state index in [0.717, 1.165) is 12.5 Å². The molecule has 0 aliphatic rings. The van der Waals surface area contributed by atoms with E-state index in [9.17, 15) is 9.26 Å². The lowest BCUT2D eigenvalue weighted by Gasteiger charge is -2.02. The molecule has 0 spiro atoms. The van der Waals surface area contributed by atoms with Gasteiger partial charge in [-0.2, -0.15) is 0 Å². The lowest BCUT2D eigenvalue weighted by Crippen LogP contribution is -2.11. The van der Waals surface area contributed by atoms with Crippen molar-refractivity contribution in [2.45, 2.75) is 25.9 Å². The lowest BCUT2D eigenvalue weighted by atomic mass is 10.4. The highest BCUT2D eigenvalue weighted by Crippen LogP contribution is 1.96. The van der Waals surface area contributed by atoms with Crippen LogP contribution in [0.5, 0.6) is 0 Å². The van der Waals surface area contributed by atoms with Crippen molar-refractivity contribution < 1.29 is 14.0 Å². The molecule has 0 bridgehead atoms. The van der Waals surface area contributed by atoms with Gasteiger partial charge >= 0.3 is 5.97 Å². The molecule has 0 unspecified atom stereocenters. The fraction of sp³-hybridized carbons (Fsp3) is 0.625. The van der Waals surface area contributed by atoms with Crippen LogP contribution in [0.1, 0.15) is 13.3 Å². The first kappa shape index (κ1) is 12.4. The summed E-state index contributed by atoms with van der Waals surface area (Å²) in [4.78, 5) is 10.9. The Balaban J connectivity index is 3.41. The molecule has 0 heterocycles. The summed E-state index contributed by atoms with van der Waals surface area (Å²) >= 11 is 0. The molecule has 0 saturated heterocycles. The molecule has 0 aromatic heterocycles. The van der Waals surface area contributed by atoms with Crippen LogP contribution in [-0.2, 0) is 14.0 Å². The predicted molar refractivity (Wildman–Crippen MR) is 56.0 cm³/mol. The molecule has 0 aliphatic carbocycles. The molecular weight excluding hydrogens is 200 g/mol. The molecule has 13 heavy (non-hydrogen) atoms. The van der Waals surface area contributed by atoms with Crippen LogP contribution >= 0.6 is 0 Å². The fourth-order valence-corrected chi connectivity index (χ4v) is 3.44. The Morgan fingerprint density at radius 2 is 2.23 bits per heavy atom. The number of carbonyl (C=O) groups excluding carboxylic acids is 1. The average molecular weight is 216 g/mol. The van der Waals surface area contributed by atoms with Crippen molar-refractivity contribution in [1.29, 1.82) is 0 Å². The van der Waals surface area contributed by atoms with Gasteiger partial charge in [0.1, 0.15) is 0 Å². The zero-order valence-electron chi connectivity index (χ0n) is 8.26. The van der Waals surface area contributed by atoms with E-state index in [0.29, 0.717) is 12.2 Å². The molecule has 0 atom stereocenters.